The fourth-order valence-corrected chi connectivity index (χ4v) is 3.08. The van der Waals surface area contributed by atoms with Crippen molar-refractivity contribution in [3.8, 4) is 11.5 Å². The van der Waals surface area contributed by atoms with Gasteiger partial charge in [-0.15, -0.1) is 11.6 Å². The van der Waals surface area contributed by atoms with Gasteiger partial charge in [0.2, 0.25) is 5.91 Å². The van der Waals surface area contributed by atoms with E-state index in [1.165, 1.54) is 12.8 Å². The van der Waals surface area contributed by atoms with Gasteiger partial charge >= 0.3 is 0 Å². The van der Waals surface area contributed by atoms with E-state index in [2.05, 4.69) is 12.2 Å². The van der Waals surface area contributed by atoms with Crippen LogP contribution >= 0.6 is 11.6 Å². The average Bonchev–Trinajstić information content (AvgIpc) is 2.62. The Balaban J connectivity index is 1.90. The lowest BCUT2D eigenvalue weighted by Crippen LogP contribution is -2.36. The Kier molecular flexibility index (Phi) is 8.13. The minimum atomic E-state index is -0.0408. The third-order valence-corrected chi connectivity index (χ3v) is 4.78. The highest BCUT2D eigenvalue weighted by molar-refractivity contribution is 6.17. The second kappa shape index (κ2) is 10.3. The van der Waals surface area contributed by atoms with Gasteiger partial charge in [-0.05, 0) is 61.8 Å². The molecular weight excluding hydrogens is 338 g/mol. The first-order valence-corrected chi connectivity index (χ1v) is 9.51. The van der Waals surface area contributed by atoms with Crippen molar-refractivity contribution in [3.63, 3.8) is 0 Å². The highest BCUT2D eigenvalue weighted by atomic mass is 35.5. The van der Waals surface area contributed by atoms with Gasteiger partial charge in [-0.25, -0.2) is 0 Å². The molecule has 0 unspecified atom stereocenters. The molecule has 0 aliphatic heterocycles. The van der Waals surface area contributed by atoms with Gasteiger partial charge in [-0.2, -0.15) is 0 Å². The molecule has 1 aromatic rings. The van der Waals surface area contributed by atoms with Gasteiger partial charge in [-0.3, -0.25) is 4.79 Å². The summed E-state index contributed by atoms with van der Waals surface area (Å²) in [6, 6.07) is 5.93. The van der Waals surface area contributed by atoms with E-state index in [0.29, 0.717) is 30.0 Å². The molecule has 4 nitrogen and oxygen atoms in total. The molecule has 1 fully saturated rings. The molecule has 1 aromatic carbocycles. The smallest absolute Gasteiger partial charge is 0.244 e. The molecule has 1 N–H and O–H groups in total. The van der Waals surface area contributed by atoms with E-state index in [1.54, 1.807) is 19.3 Å². The highest BCUT2D eigenvalue weighted by Gasteiger charge is 2.18. The maximum atomic E-state index is 12.1. The molecule has 0 spiro atoms. The Morgan fingerprint density at radius 3 is 2.72 bits per heavy atom. The van der Waals surface area contributed by atoms with Crippen molar-refractivity contribution in [2.75, 3.05) is 19.6 Å². The van der Waals surface area contributed by atoms with Crippen LogP contribution in [0.15, 0.2) is 24.3 Å². The molecule has 1 amide bonds. The molecule has 0 bridgehead atoms. The summed E-state index contributed by atoms with van der Waals surface area (Å²) in [6.45, 7) is 2.83. The average molecular weight is 366 g/mol. The number of benzene rings is 1. The standard InChI is InChI=1S/C20H28ClNO3/c1-15-4-8-17(9-5-15)22-20(23)11-7-16-6-10-18(19(14-16)24-2)25-13-3-12-21/h6-7,10-11,14-15,17H,3-5,8-9,12-13H2,1-2H3,(H,22,23)/b11-7+. The number of nitrogens with one attached hydrogen (secondary N) is 1. The van der Waals surface area contributed by atoms with Crippen LogP contribution in [0.5, 0.6) is 11.5 Å². The monoisotopic (exact) mass is 365 g/mol. The summed E-state index contributed by atoms with van der Waals surface area (Å²) in [5, 5.41) is 3.09. The summed E-state index contributed by atoms with van der Waals surface area (Å²) in [5.41, 5.74) is 0.897. The molecule has 0 radical (unpaired) electrons. The molecule has 25 heavy (non-hydrogen) atoms. The molecule has 1 aliphatic carbocycles. The van der Waals surface area contributed by atoms with Crippen LogP contribution in [0.1, 0.15) is 44.6 Å². The molecule has 1 aliphatic rings. The Morgan fingerprint density at radius 2 is 2.04 bits per heavy atom. The van der Waals surface area contributed by atoms with Gasteiger partial charge < -0.3 is 14.8 Å². The van der Waals surface area contributed by atoms with Gasteiger partial charge in [0, 0.05) is 18.0 Å². The first-order chi connectivity index (χ1) is 12.1. The summed E-state index contributed by atoms with van der Waals surface area (Å²) in [6.07, 6.45) is 8.69. The van der Waals surface area contributed by atoms with Crippen LogP contribution in [-0.4, -0.2) is 31.5 Å². The number of hydrogen-bond donors (Lipinski definition) is 1. The van der Waals surface area contributed by atoms with Crippen molar-refractivity contribution in [1.29, 1.82) is 0 Å². The molecule has 0 atom stereocenters. The van der Waals surface area contributed by atoms with Gasteiger partial charge in [0.1, 0.15) is 0 Å². The van der Waals surface area contributed by atoms with Crippen LogP contribution in [0, 0.1) is 5.92 Å². The molecule has 138 valence electrons. The molecule has 5 heteroatoms. The predicted octanol–water partition coefficient (Wildman–Crippen LogP) is 4.41. The normalized spacial score (nSPS) is 20.4. The number of amides is 1. The zero-order chi connectivity index (χ0) is 18.1. The van der Waals surface area contributed by atoms with Crippen molar-refractivity contribution in [2.45, 2.75) is 45.1 Å². The first-order valence-electron chi connectivity index (χ1n) is 8.97. The van der Waals surface area contributed by atoms with E-state index in [4.69, 9.17) is 21.1 Å². The minimum absolute atomic E-state index is 0.0408. The van der Waals surface area contributed by atoms with Crippen LogP contribution in [0.3, 0.4) is 0 Å². The molecule has 2 rings (SSSR count). The maximum Gasteiger partial charge on any atom is 0.244 e. The lowest BCUT2D eigenvalue weighted by molar-refractivity contribution is -0.117. The Bertz CT molecular complexity index is 580. The summed E-state index contributed by atoms with van der Waals surface area (Å²) >= 11 is 5.66. The van der Waals surface area contributed by atoms with Crippen LogP contribution in [0.25, 0.3) is 6.08 Å². The van der Waals surface area contributed by atoms with E-state index in [1.807, 2.05) is 18.2 Å². The number of alkyl halides is 1. The largest absolute Gasteiger partial charge is 0.493 e. The summed E-state index contributed by atoms with van der Waals surface area (Å²) in [7, 11) is 1.61. The molecule has 0 heterocycles. The second-order valence-corrected chi connectivity index (χ2v) is 6.98. The van der Waals surface area contributed by atoms with Crippen molar-refractivity contribution in [3.05, 3.63) is 29.8 Å². The zero-order valence-corrected chi connectivity index (χ0v) is 15.8. The fourth-order valence-electron chi connectivity index (χ4n) is 2.97. The van der Waals surface area contributed by atoms with Crippen LogP contribution < -0.4 is 14.8 Å². The van der Waals surface area contributed by atoms with Gasteiger partial charge in [0.05, 0.1) is 13.7 Å². The zero-order valence-electron chi connectivity index (χ0n) is 15.1. The van der Waals surface area contributed by atoms with E-state index in [-0.39, 0.29) is 5.91 Å². The molecule has 0 saturated heterocycles. The summed E-state index contributed by atoms with van der Waals surface area (Å²) in [5.74, 6) is 2.64. The number of halogens is 1. The van der Waals surface area contributed by atoms with Gasteiger partial charge in [-0.1, -0.05) is 13.0 Å². The first kappa shape index (κ1) is 19.6. The Morgan fingerprint density at radius 1 is 1.28 bits per heavy atom. The number of hydrogen-bond acceptors (Lipinski definition) is 3. The topological polar surface area (TPSA) is 47.6 Å². The van der Waals surface area contributed by atoms with Gasteiger partial charge in [0.15, 0.2) is 11.5 Å². The SMILES string of the molecule is COc1cc(/C=C/C(=O)NC2CCC(C)CC2)ccc1OCCCCl. The van der Waals surface area contributed by atoms with Gasteiger partial charge in [0.25, 0.3) is 0 Å². The maximum absolute atomic E-state index is 12.1. The number of carbonyl (C=O) groups excluding carboxylic acids is 1. The van der Waals surface area contributed by atoms with Crippen LogP contribution in [0.2, 0.25) is 0 Å². The van der Waals surface area contributed by atoms with Crippen LogP contribution in [-0.2, 0) is 4.79 Å². The number of carbonyl (C=O) groups is 1. The summed E-state index contributed by atoms with van der Waals surface area (Å²) < 4.78 is 11.0. The number of methoxy groups -OCH3 is 1. The highest BCUT2D eigenvalue weighted by Crippen LogP contribution is 2.28. The van der Waals surface area contributed by atoms with E-state index >= 15 is 0 Å². The van der Waals surface area contributed by atoms with E-state index in [9.17, 15) is 4.79 Å². The van der Waals surface area contributed by atoms with E-state index in [0.717, 1.165) is 30.7 Å². The number of rotatable bonds is 8. The quantitative estimate of drug-likeness (QED) is 0.421. The van der Waals surface area contributed by atoms with Crippen molar-refractivity contribution >= 4 is 23.6 Å². The lowest BCUT2D eigenvalue weighted by atomic mass is 9.87. The third-order valence-electron chi connectivity index (χ3n) is 4.51. The molecule has 0 aromatic heterocycles. The Labute approximate surface area is 155 Å². The Hall–Kier alpha value is -1.68. The second-order valence-electron chi connectivity index (χ2n) is 6.60. The summed E-state index contributed by atoms with van der Waals surface area (Å²) in [4.78, 5) is 12.1. The minimum Gasteiger partial charge on any atom is -0.493 e. The predicted molar refractivity (Wildman–Crippen MR) is 102 cm³/mol. The molecular formula is C20H28ClNO3. The van der Waals surface area contributed by atoms with Crippen molar-refractivity contribution in [2.24, 2.45) is 5.92 Å². The lowest BCUT2D eigenvalue weighted by Gasteiger charge is -2.26. The van der Waals surface area contributed by atoms with Crippen molar-refractivity contribution in [1.82, 2.24) is 5.32 Å². The molecule has 1 saturated carbocycles. The number of ether oxygens (including phenoxy) is 2. The third kappa shape index (κ3) is 6.62. The van der Waals surface area contributed by atoms with Crippen LogP contribution in [0.4, 0.5) is 0 Å². The van der Waals surface area contributed by atoms with Crippen molar-refractivity contribution < 1.29 is 14.3 Å². The van der Waals surface area contributed by atoms with E-state index < -0.39 is 0 Å². The fraction of sp³-hybridized carbons (Fsp3) is 0.550.